The Labute approximate surface area is 108 Å². The molecular weight excluding hydrogens is 195 g/mol. The SMILES string of the molecule is O=C(c1ccccc1)c1ccc(O)cc1.[H-].[Li+]. The summed E-state index contributed by atoms with van der Waals surface area (Å²) in [4.78, 5) is 11.9. The van der Waals surface area contributed by atoms with Crippen molar-refractivity contribution < 1.29 is 30.2 Å². The van der Waals surface area contributed by atoms with Crippen molar-refractivity contribution in [1.82, 2.24) is 0 Å². The van der Waals surface area contributed by atoms with E-state index in [0.717, 1.165) is 0 Å². The molecule has 0 fully saturated rings. The van der Waals surface area contributed by atoms with Gasteiger partial charge in [-0.3, -0.25) is 4.79 Å². The Balaban J connectivity index is 0.00000128. The second-order valence-electron chi connectivity index (χ2n) is 3.24. The van der Waals surface area contributed by atoms with Crippen molar-refractivity contribution in [2.24, 2.45) is 0 Å². The predicted octanol–water partition coefficient (Wildman–Crippen LogP) is -0.260. The molecule has 2 nitrogen and oxygen atoms in total. The number of phenolic OH excluding ortho intramolecular Hbond substituents is 1. The Morgan fingerprint density at radius 2 is 1.38 bits per heavy atom. The molecule has 0 aromatic heterocycles. The first-order valence-corrected chi connectivity index (χ1v) is 4.66. The van der Waals surface area contributed by atoms with Crippen molar-refractivity contribution in [2.45, 2.75) is 0 Å². The Morgan fingerprint density at radius 3 is 1.94 bits per heavy atom. The summed E-state index contributed by atoms with van der Waals surface area (Å²) in [5.41, 5.74) is 1.24. The van der Waals surface area contributed by atoms with Crippen LogP contribution < -0.4 is 18.9 Å². The van der Waals surface area contributed by atoms with Crippen LogP contribution in [0, 0.1) is 0 Å². The monoisotopic (exact) mass is 206 g/mol. The molecule has 0 heterocycles. The quantitative estimate of drug-likeness (QED) is 0.543. The van der Waals surface area contributed by atoms with Crippen LogP contribution in [0.2, 0.25) is 0 Å². The van der Waals surface area contributed by atoms with Crippen LogP contribution in [-0.4, -0.2) is 10.9 Å². The summed E-state index contributed by atoms with van der Waals surface area (Å²) in [5.74, 6) is 0.134. The second kappa shape index (κ2) is 5.55. The molecule has 0 aliphatic heterocycles. The number of hydrogen-bond donors (Lipinski definition) is 1. The fourth-order valence-electron chi connectivity index (χ4n) is 1.37. The number of aromatic hydroxyl groups is 1. The van der Waals surface area contributed by atoms with Gasteiger partial charge in [0.25, 0.3) is 0 Å². The molecule has 0 amide bonds. The number of hydrogen-bond acceptors (Lipinski definition) is 2. The first-order chi connectivity index (χ1) is 7.27. The van der Waals surface area contributed by atoms with Gasteiger partial charge in [0.1, 0.15) is 5.75 Å². The third kappa shape index (κ3) is 2.76. The zero-order valence-electron chi connectivity index (χ0n) is 10.1. The van der Waals surface area contributed by atoms with E-state index in [-0.39, 0.29) is 31.8 Å². The minimum absolute atomic E-state index is 0. The number of phenols is 1. The molecule has 0 radical (unpaired) electrons. The maximum atomic E-state index is 11.9. The number of rotatable bonds is 2. The van der Waals surface area contributed by atoms with Crippen molar-refractivity contribution in [1.29, 1.82) is 0 Å². The third-order valence-corrected chi connectivity index (χ3v) is 2.17. The van der Waals surface area contributed by atoms with E-state index in [4.69, 9.17) is 5.11 Å². The van der Waals surface area contributed by atoms with Gasteiger partial charge in [0.05, 0.1) is 0 Å². The molecule has 0 saturated carbocycles. The topological polar surface area (TPSA) is 37.3 Å². The van der Waals surface area contributed by atoms with Crippen molar-refractivity contribution in [3.05, 3.63) is 65.7 Å². The predicted molar refractivity (Wildman–Crippen MR) is 59.1 cm³/mol. The van der Waals surface area contributed by atoms with Gasteiger partial charge in [-0.15, -0.1) is 0 Å². The molecule has 0 spiro atoms. The van der Waals surface area contributed by atoms with E-state index >= 15 is 0 Å². The van der Waals surface area contributed by atoms with E-state index < -0.39 is 0 Å². The molecular formula is C13H11LiO2. The molecule has 2 aromatic carbocycles. The minimum atomic E-state index is -0.0319. The summed E-state index contributed by atoms with van der Waals surface area (Å²) >= 11 is 0. The van der Waals surface area contributed by atoms with Gasteiger partial charge in [0.2, 0.25) is 0 Å². The summed E-state index contributed by atoms with van der Waals surface area (Å²) in [6, 6.07) is 15.3. The van der Waals surface area contributed by atoms with E-state index in [1.165, 1.54) is 12.1 Å². The Kier molecular flexibility index (Phi) is 4.36. The molecule has 1 N–H and O–H groups in total. The van der Waals surface area contributed by atoms with Gasteiger partial charge in [0, 0.05) is 11.1 Å². The van der Waals surface area contributed by atoms with Crippen LogP contribution in [0.1, 0.15) is 17.3 Å². The number of carbonyl (C=O) groups excluding carboxylic acids is 1. The molecule has 0 saturated heterocycles. The zero-order valence-corrected chi connectivity index (χ0v) is 9.05. The van der Waals surface area contributed by atoms with Crippen LogP contribution in [0.5, 0.6) is 5.75 Å². The van der Waals surface area contributed by atoms with Gasteiger partial charge < -0.3 is 6.53 Å². The van der Waals surface area contributed by atoms with E-state index in [1.807, 2.05) is 18.2 Å². The number of benzene rings is 2. The van der Waals surface area contributed by atoms with E-state index in [0.29, 0.717) is 11.1 Å². The molecule has 0 aliphatic carbocycles. The van der Waals surface area contributed by atoms with Crippen molar-refractivity contribution in [2.75, 3.05) is 0 Å². The van der Waals surface area contributed by atoms with Crippen LogP contribution >= 0.6 is 0 Å². The van der Waals surface area contributed by atoms with Gasteiger partial charge in [0.15, 0.2) is 5.78 Å². The van der Waals surface area contributed by atoms with E-state index in [2.05, 4.69) is 0 Å². The van der Waals surface area contributed by atoms with Gasteiger partial charge in [-0.2, -0.15) is 0 Å². The fraction of sp³-hybridized carbons (Fsp3) is 0. The summed E-state index contributed by atoms with van der Waals surface area (Å²) < 4.78 is 0. The van der Waals surface area contributed by atoms with Gasteiger partial charge in [-0.1, -0.05) is 30.3 Å². The maximum Gasteiger partial charge on any atom is 1.00 e. The molecule has 76 valence electrons. The van der Waals surface area contributed by atoms with Crippen LogP contribution in [0.15, 0.2) is 54.6 Å². The molecule has 0 atom stereocenters. The second-order valence-corrected chi connectivity index (χ2v) is 3.24. The van der Waals surface area contributed by atoms with E-state index in [1.54, 1.807) is 24.3 Å². The van der Waals surface area contributed by atoms with Gasteiger partial charge >= 0.3 is 18.9 Å². The summed E-state index contributed by atoms with van der Waals surface area (Å²) in [6.07, 6.45) is 0. The molecule has 0 unspecified atom stereocenters. The Morgan fingerprint density at radius 1 is 0.875 bits per heavy atom. The largest absolute Gasteiger partial charge is 1.00 e. The zero-order chi connectivity index (χ0) is 10.7. The maximum absolute atomic E-state index is 11.9. The molecule has 3 heteroatoms. The smallest absolute Gasteiger partial charge is 1.00 e. The standard InChI is InChI=1S/C13H10O2.Li.H/c14-12-8-6-11(7-9-12)13(15)10-4-2-1-3-5-10;;/h1-9,14H;;/q;+1;-1. The van der Waals surface area contributed by atoms with E-state index in [9.17, 15) is 4.79 Å². The Bertz CT molecular complexity index is 469. The summed E-state index contributed by atoms with van der Waals surface area (Å²) in [6.45, 7) is 0. The normalized spacial score (nSPS) is 9.25. The van der Waals surface area contributed by atoms with Crippen molar-refractivity contribution in [3.63, 3.8) is 0 Å². The first kappa shape index (κ1) is 12.6. The molecule has 0 bridgehead atoms. The van der Waals surface area contributed by atoms with Crippen LogP contribution in [0.3, 0.4) is 0 Å². The summed E-state index contributed by atoms with van der Waals surface area (Å²) in [5, 5.41) is 9.10. The summed E-state index contributed by atoms with van der Waals surface area (Å²) in [7, 11) is 0. The van der Waals surface area contributed by atoms with Crippen LogP contribution in [0.4, 0.5) is 0 Å². The number of ketones is 1. The van der Waals surface area contributed by atoms with Gasteiger partial charge in [-0.25, -0.2) is 0 Å². The third-order valence-electron chi connectivity index (χ3n) is 2.17. The number of carbonyl (C=O) groups is 1. The fourth-order valence-corrected chi connectivity index (χ4v) is 1.37. The Hall–Kier alpha value is -1.49. The van der Waals surface area contributed by atoms with Crippen molar-refractivity contribution in [3.8, 4) is 5.75 Å². The van der Waals surface area contributed by atoms with Gasteiger partial charge in [-0.05, 0) is 24.3 Å². The molecule has 2 aromatic rings. The van der Waals surface area contributed by atoms with Crippen LogP contribution in [-0.2, 0) is 0 Å². The van der Waals surface area contributed by atoms with Crippen LogP contribution in [0.25, 0.3) is 0 Å². The minimum Gasteiger partial charge on any atom is -1.00 e. The molecule has 16 heavy (non-hydrogen) atoms. The first-order valence-electron chi connectivity index (χ1n) is 4.66. The molecule has 2 rings (SSSR count). The van der Waals surface area contributed by atoms with Crippen molar-refractivity contribution >= 4 is 5.78 Å². The average molecular weight is 206 g/mol. The molecule has 0 aliphatic rings. The average Bonchev–Trinajstić information content (AvgIpc) is 2.30.